The SMILES string of the molecule is O=C(c1ccccc1)[C@@H](Cl)[C@@H](SCCCl)C(=O)O. The zero-order chi connectivity index (χ0) is 13.5. The Morgan fingerprint density at radius 2 is 1.89 bits per heavy atom. The maximum atomic E-state index is 12.0. The lowest BCUT2D eigenvalue weighted by atomic mass is 10.1. The van der Waals surface area contributed by atoms with Crippen LogP contribution in [0, 0.1) is 0 Å². The molecule has 1 aromatic carbocycles. The molecule has 0 saturated carbocycles. The summed E-state index contributed by atoms with van der Waals surface area (Å²) in [4.78, 5) is 23.1. The minimum absolute atomic E-state index is 0.317. The van der Waals surface area contributed by atoms with Crippen molar-refractivity contribution in [2.75, 3.05) is 11.6 Å². The van der Waals surface area contributed by atoms with E-state index in [4.69, 9.17) is 28.3 Å². The Bertz CT molecular complexity index is 411. The molecule has 0 aliphatic heterocycles. The zero-order valence-corrected chi connectivity index (χ0v) is 11.7. The van der Waals surface area contributed by atoms with Crippen molar-refractivity contribution < 1.29 is 14.7 Å². The van der Waals surface area contributed by atoms with Crippen molar-refractivity contribution in [3.05, 3.63) is 35.9 Å². The molecule has 0 fully saturated rings. The summed E-state index contributed by atoms with van der Waals surface area (Å²) in [5.41, 5.74) is 0.412. The molecule has 1 aromatic rings. The number of halogens is 2. The number of thioether (sulfide) groups is 1. The fourth-order valence-electron chi connectivity index (χ4n) is 1.35. The van der Waals surface area contributed by atoms with E-state index in [1.807, 2.05) is 0 Å². The van der Waals surface area contributed by atoms with Crippen LogP contribution in [0.4, 0.5) is 0 Å². The number of carboxylic acids is 1. The Kier molecular flexibility index (Phi) is 6.54. The van der Waals surface area contributed by atoms with E-state index in [2.05, 4.69) is 0 Å². The van der Waals surface area contributed by atoms with Gasteiger partial charge in [-0.15, -0.1) is 35.0 Å². The molecule has 0 aliphatic carbocycles. The molecule has 0 aliphatic rings. The first-order valence-electron chi connectivity index (χ1n) is 5.21. The van der Waals surface area contributed by atoms with Crippen LogP contribution in [0.3, 0.4) is 0 Å². The third-order valence-electron chi connectivity index (χ3n) is 2.19. The van der Waals surface area contributed by atoms with Gasteiger partial charge in [0.05, 0.1) is 0 Å². The number of alkyl halides is 2. The second-order valence-electron chi connectivity index (χ2n) is 3.45. The van der Waals surface area contributed by atoms with Crippen LogP contribution in [0.25, 0.3) is 0 Å². The fraction of sp³-hybridized carbons (Fsp3) is 0.333. The van der Waals surface area contributed by atoms with Gasteiger partial charge in [0.2, 0.25) is 0 Å². The molecule has 0 unspecified atom stereocenters. The van der Waals surface area contributed by atoms with Gasteiger partial charge < -0.3 is 5.11 Å². The van der Waals surface area contributed by atoms with E-state index < -0.39 is 16.6 Å². The van der Waals surface area contributed by atoms with Gasteiger partial charge >= 0.3 is 5.97 Å². The third kappa shape index (κ3) is 4.19. The van der Waals surface area contributed by atoms with Gasteiger partial charge in [0.25, 0.3) is 0 Å². The van der Waals surface area contributed by atoms with Crippen molar-refractivity contribution in [3.8, 4) is 0 Å². The Balaban J connectivity index is 2.80. The molecule has 0 heterocycles. The molecule has 2 atom stereocenters. The van der Waals surface area contributed by atoms with Crippen LogP contribution >= 0.6 is 35.0 Å². The van der Waals surface area contributed by atoms with Crippen LogP contribution in [0.2, 0.25) is 0 Å². The summed E-state index contributed by atoms with van der Waals surface area (Å²) in [6.45, 7) is 0. The highest BCUT2D eigenvalue weighted by Gasteiger charge is 2.32. The lowest BCUT2D eigenvalue weighted by Crippen LogP contribution is -2.34. The molecule has 6 heteroatoms. The highest BCUT2D eigenvalue weighted by Crippen LogP contribution is 2.23. The largest absolute Gasteiger partial charge is 0.480 e. The molecule has 0 saturated heterocycles. The Hall–Kier alpha value is -0.710. The summed E-state index contributed by atoms with van der Waals surface area (Å²) in [7, 11) is 0. The van der Waals surface area contributed by atoms with Crippen LogP contribution in [-0.2, 0) is 4.79 Å². The van der Waals surface area contributed by atoms with Crippen molar-refractivity contribution in [3.63, 3.8) is 0 Å². The molecule has 3 nitrogen and oxygen atoms in total. The van der Waals surface area contributed by atoms with E-state index in [9.17, 15) is 9.59 Å². The molecule has 0 radical (unpaired) electrons. The monoisotopic (exact) mass is 306 g/mol. The van der Waals surface area contributed by atoms with Crippen LogP contribution in [0.15, 0.2) is 30.3 Å². The number of hydrogen-bond acceptors (Lipinski definition) is 3. The van der Waals surface area contributed by atoms with E-state index in [0.717, 1.165) is 11.8 Å². The van der Waals surface area contributed by atoms with Crippen LogP contribution in [0.1, 0.15) is 10.4 Å². The molecule has 0 aromatic heterocycles. The van der Waals surface area contributed by atoms with Gasteiger partial charge in [0, 0.05) is 17.2 Å². The topological polar surface area (TPSA) is 54.4 Å². The van der Waals surface area contributed by atoms with Gasteiger partial charge in [-0.05, 0) is 0 Å². The number of ketones is 1. The lowest BCUT2D eigenvalue weighted by Gasteiger charge is -2.16. The van der Waals surface area contributed by atoms with E-state index >= 15 is 0 Å². The number of rotatable bonds is 7. The van der Waals surface area contributed by atoms with E-state index in [1.165, 1.54) is 0 Å². The normalized spacial score (nSPS) is 13.9. The molecule has 1 N–H and O–H groups in total. The molecule has 0 amide bonds. The predicted octanol–water partition coefficient (Wildman–Crippen LogP) is 2.90. The number of Topliss-reactive ketones (excluding diaryl/α,β-unsaturated/α-hetero) is 1. The van der Waals surface area contributed by atoms with E-state index in [0.29, 0.717) is 17.2 Å². The number of benzene rings is 1. The van der Waals surface area contributed by atoms with E-state index in [-0.39, 0.29) is 5.78 Å². The minimum atomic E-state index is -1.10. The number of carbonyl (C=O) groups is 2. The van der Waals surface area contributed by atoms with Gasteiger partial charge in [0.1, 0.15) is 10.6 Å². The third-order valence-corrected chi connectivity index (χ3v) is 4.48. The maximum absolute atomic E-state index is 12.0. The second-order valence-corrected chi connectivity index (χ2v) is 5.55. The van der Waals surface area contributed by atoms with Gasteiger partial charge in [-0.25, -0.2) is 0 Å². The summed E-state index contributed by atoms with van der Waals surface area (Å²) >= 11 is 12.6. The summed E-state index contributed by atoms with van der Waals surface area (Å²) in [6, 6.07) is 8.42. The quantitative estimate of drug-likeness (QED) is 0.621. The first-order valence-corrected chi connectivity index (χ1v) is 7.23. The predicted molar refractivity (Wildman–Crippen MR) is 75.0 cm³/mol. The molecule has 0 bridgehead atoms. The highest BCUT2D eigenvalue weighted by atomic mass is 35.5. The summed E-state index contributed by atoms with van der Waals surface area (Å²) in [5, 5.41) is 6.98. The van der Waals surface area contributed by atoms with Crippen LogP contribution in [-0.4, -0.2) is 39.1 Å². The Labute approximate surface area is 119 Å². The smallest absolute Gasteiger partial charge is 0.318 e. The van der Waals surface area contributed by atoms with Gasteiger partial charge in [-0.3, -0.25) is 9.59 Å². The molecule has 98 valence electrons. The number of hydrogen-bond donors (Lipinski definition) is 1. The van der Waals surface area contributed by atoms with Gasteiger partial charge in [-0.1, -0.05) is 30.3 Å². The van der Waals surface area contributed by atoms with Crippen LogP contribution < -0.4 is 0 Å². The number of carboxylic acid groups (broad SMARTS) is 1. The van der Waals surface area contributed by atoms with Crippen molar-refractivity contribution >= 4 is 46.7 Å². The highest BCUT2D eigenvalue weighted by molar-refractivity contribution is 8.00. The lowest BCUT2D eigenvalue weighted by molar-refractivity contribution is -0.136. The molecular formula is C12H12Cl2O3S. The molecule has 1 rings (SSSR count). The van der Waals surface area contributed by atoms with Crippen molar-refractivity contribution in [2.24, 2.45) is 0 Å². The second kappa shape index (κ2) is 7.67. The zero-order valence-electron chi connectivity index (χ0n) is 9.38. The molecule has 18 heavy (non-hydrogen) atoms. The molecular weight excluding hydrogens is 295 g/mol. The summed E-state index contributed by atoms with van der Waals surface area (Å²) in [5.74, 6) is -0.734. The minimum Gasteiger partial charge on any atom is -0.480 e. The average molecular weight is 307 g/mol. The maximum Gasteiger partial charge on any atom is 0.318 e. The Morgan fingerprint density at radius 1 is 1.28 bits per heavy atom. The van der Waals surface area contributed by atoms with Gasteiger partial charge in [-0.2, -0.15) is 0 Å². The number of carbonyl (C=O) groups excluding carboxylic acids is 1. The summed E-state index contributed by atoms with van der Waals surface area (Å²) < 4.78 is 0. The standard InChI is InChI=1S/C12H12Cl2O3S/c13-6-7-18-11(12(16)17)9(14)10(15)8-4-2-1-3-5-8/h1-5,9,11H,6-7H2,(H,16,17)/t9-,11-/m1/s1. The summed E-state index contributed by atoms with van der Waals surface area (Å²) in [6.07, 6.45) is 0. The first-order chi connectivity index (χ1) is 8.57. The van der Waals surface area contributed by atoms with Gasteiger partial charge in [0.15, 0.2) is 5.78 Å². The van der Waals surface area contributed by atoms with E-state index in [1.54, 1.807) is 30.3 Å². The Morgan fingerprint density at radius 3 is 2.39 bits per heavy atom. The number of aliphatic carboxylic acids is 1. The first kappa shape index (κ1) is 15.3. The van der Waals surface area contributed by atoms with Crippen molar-refractivity contribution in [1.29, 1.82) is 0 Å². The molecule has 0 spiro atoms. The van der Waals surface area contributed by atoms with Crippen LogP contribution in [0.5, 0.6) is 0 Å². The average Bonchev–Trinajstić information content (AvgIpc) is 2.38. The van der Waals surface area contributed by atoms with Crippen molar-refractivity contribution in [2.45, 2.75) is 10.6 Å². The van der Waals surface area contributed by atoms with Crippen molar-refractivity contribution in [1.82, 2.24) is 0 Å². The fourth-order valence-corrected chi connectivity index (χ4v) is 2.85.